The van der Waals surface area contributed by atoms with Crippen LogP contribution in [0.25, 0.3) is 0 Å². The Morgan fingerprint density at radius 3 is 2.72 bits per heavy atom. The molecule has 0 radical (unpaired) electrons. The van der Waals surface area contributed by atoms with E-state index in [0.717, 1.165) is 5.57 Å². The van der Waals surface area contributed by atoms with Crippen LogP contribution in [0, 0.1) is 0 Å². The lowest BCUT2D eigenvalue weighted by molar-refractivity contribution is -0.126. The summed E-state index contributed by atoms with van der Waals surface area (Å²) < 4.78 is 11.0. The smallest absolute Gasteiger partial charge is 0.268 e. The third kappa shape index (κ3) is 3.36. The fourth-order valence-corrected chi connectivity index (χ4v) is 2.74. The first kappa shape index (κ1) is 17.0. The van der Waals surface area contributed by atoms with Gasteiger partial charge in [0.05, 0.1) is 12.0 Å². The van der Waals surface area contributed by atoms with Gasteiger partial charge in [0, 0.05) is 12.1 Å². The number of ether oxygens (including phenoxy) is 1. The van der Waals surface area contributed by atoms with E-state index in [2.05, 4.69) is 0 Å². The second-order valence-electron chi connectivity index (χ2n) is 6.23. The monoisotopic (exact) mass is 339 g/mol. The number of ketones is 1. The molecule has 0 fully saturated rings. The van der Waals surface area contributed by atoms with Crippen molar-refractivity contribution >= 4 is 17.4 Å². The third-order valence-corrected chi connectivity index (χ3v) is 4.12. The van der Waals surface area contributed by atoms with Gasteiger partial charge < -0.3 is 14.1 Å². The lowest BCUT2D eigenvalue weighted by Crippen LogP contribution is -2.45. The van der Waals surface area contributed by atoms with Crippen LogP contribution in [-0.4, -0.2) is 24.3 Å². The summed E-state index contributed by atoms with van der Waals surface area (Å²) in [6, 6.07) is 8.44. The van der Waals surface area contributed by atoms with E-state index in [9.17, 15) is 9.59 Å². The fourth-order valence-electron chi connectivity index (χ4n) is 2.74. The Kier molecular flexibility index (Phi) is 4.74. The molecule has 0 saturated carbocycles. The summed E-state index contributed by atoms with van der Waals surface area (Å²) in [5.41, 5.74) is 2.20. The minimum atomic E-state index is -0.496. The number of rotatable bonds is 5. The zero-order valence-corrected chi connectivity index (χ0v) is 14.6. The van der Waals surface area contributed by atoms with E-state index in [-0.39, 0.29) is 17.5 Å². The van der Waals surface area contributed by atoms with Gasteiger partial charge in [-0.1, -0.05) is 18.6 Å². The topological polar surface area (TPSA) is 59.8 Å². The number of hydrogen-bond donors (Lipinski definition) is 0. The summed E-state index contributed by atoms with van der Waals surface area (Å²) >= 11 is 0. The molecular formula is C20H21NO4. The molecule has 0 saturated heterocycles. The number of carbonyl (C=O) groups is 2. The van der Waals surface area contributed by atoms with Gasteiger partial charge in [-0.25, -0.2) is 0 Å². The van der Waals surface area contributed by atoms with Gasteiger partial charge in [-0.15, -0.1) is 0 Å². The molecule has 1 aliphatic rings. The molecule has 0 N–H and O–H groups in total. The van der Waals surface area contributed by atoms with Gasteiger partial charge >= 0.3 is 0 Å². The minimum absolute atomic E-state index is 0.0879. The van der Waals surface area contributed by atoms with Gasteiger partial charge in [0.1, 0.15) is 5.75 Å². The van der Waals surface area contributed by atoms with Crippen LogP contribution in [0.1, 0.15) is 43.3 Å². The normalized spacial score (nSPS) is 16.2. The summed E-state index contributed by atoms with van der Waals surface area (Å²) in [6.07, 6.45) is 3.55. The standard InChI is InChI=1S/C20H21NO4/c1-4-16-20(23)21(10-9-13(2)3)15-12-14(7-8-17(15)25-16)19(22)18-6-5-11-24-18/h5-9,11-12,16H,4,10H2,1-3H3/t16-/m0/s1. The van der Waals surface area contributed by atoms with Crippen LogP contribution in [0.3, 0.4) is 0 Å². The molecular weight excluding hydrogens is 318 g/mol. The van der Waals surface area contributed by atoms with E-state index in [4.69, 9.17) is 9.15 Å². The van der Waals surface area contributed by atoms with Crippen molar-refractivity contribution in [3.8, 4) is 5.75 Å². The molecule has 1 atom stereocenters. The van der Waals surface area contributed by atoms with Crippen molar-refractivity contribution in [1.29, 1.82) is 0 Å². The van der Waals surface area contributed by atoms with Crippen molar-refractivity contribution in [2.45, 2.75) is 33.3 Å². The summed E-state index contributed by atoms with van der Waals surface area (Å²) in [5, 5.41) is 0. The predicted molar refractivity (Wildman–Crippen MR) is 95.1 cm³/mol. The van der Waals surface area contributed by atoms with E-state index in [0.29, 0.717) is 30.0 Å². The maximum atomic E-state index is 12.7. The average molecular weight is 339 g/mol. The van der Waals surface area contributed by atoms with Crippen LogP contribution < -0.4 is 9.64 Å². The largest absolute Gasteiger partial charge is 0.478 e. The third-order valence-electron chi connectivity index (χ3n) is 4.12. The number of carbonyl (C=O) groups excluding carboxylic acids is 2. The van der Waals surface area contributed by atoms with Gasteiger partial charge in [-0.05, 0) is 50.6 Å². The highest BCUT2D eigenvalue weighted by Crippen LogP contribution is 2.36. The first-order chi connectivity index (χ1) is 12.0. The molecule has 1 amide bonds. The zero-order chi connectivity index (χ0) is 18.0. The second-order valence-corrected chi connectivity index (χ2v) is 6.23. The van der Waals surface area contributed by atoms with Gasteiger partial charge in [-0.3, -0.25) is 9.59 Å². The van der Waals surface area contributed by atoms with E-state index >= 15 is 0 Å². The van der Waals surface area contributed by atoms with E-state index in [1.807, 2.05) is 26.8 Å². The minimum Gasteiger partial charge on any atom is -0.478 e. The molecule has 2 aromatic rings. The number of anilines is 1. The number of furan rings is 1. The molecule has 1 aromatic heterocycles. The second kappa shape index (κ2) is 6.97. The van der Waals surface area contributed by atoms with Crippen LogP contribution in [0.2, 0.25) is 0 Å². The SMILES string of the molecule is CC[C@@H]1Oc2ccc(C(=O)c3ccco3)cc2N(CC=C(C)C)C1=O. The highest BCUT2D eigenvalue weighted by atomic mass is 16.5. The Bertz CT molecular complexity index is 816. The van der Waals surface area contributed by atoms with Gasteiger partial charge in [0.2, 0.25) is 5.78 Å². The van der Waals surface area contributed by atoms with E-state index < -0.39 is 6.10 Å². The Morgan fingerprint density at radius 1 is 1.28 bits per heavy atom. The maximum Gasteiger partial charge on any atom is 0.268 e. The van der Waals surface area contributed by atoms with E-state index in [1.165, 1.54) is 6.26 Å². The molecule has 3 rings (SSSR count). The molecule has 130 valence electrons. The Hall–Kier alpha value is -2.82. The number of benzene rings is 1. The van der Waals surface area contributed by atoms with Gasteiger partial charge in [-0.2, -0.15) is 0 Å². The molecule has 0 bridgehead atoms. The Morgan fingerprint density at radius 2 is 2.08 bits per heavy atom. The van der Waals surface area contributed by atoms with Gasteiger partial charge in [0.15, 0.2) is 11.9 Å². The fraction of sp³-hybridized carbons (Fsp3) is 0.300. The predicted octanol–water partition coefficient (Wildman–Crippen LogP) is 3.98. The van der Waals surface area contributed by atoms with Crippen LogP contribution >= 0.6 is 0 Å². The van der Waals surface area contributed by atoms with E-state index in [1.54, 1.807) is 35.2 Å². The Labute approximate surface area is 146 Å². The van der Waals surface area contributed by atoms with Crippen LogP contribution in [0.15, 0.2) is 52.7 Å². The first-order valence-corrected chi connectivity index (χ1v) is 8.35. The molecule has 2 heterocycles. The quantitative estimate of drug-likeness (QED) is 0.611. The van der Waals surface area contributed by atoms with Crippen LogP contribution in [0.5, 0.6) is 5.75 Å². The average Bonchev–Trinajstić information content (AvgIpc) is 3.13. The van der Waals surface area contributed by atoms with Crippen molar-refractivity contribution in [2.24, 2.45) is 0 Å². The summed E-state index contributed by atoms with van der Waals surface area (Å²) in [6.45, 7) is 6.34. The lowest BCUT2D eigenvalue weighted by atomic mass is 10.0. The molecule has 1 aromatic carbocycles. The molecule has 0 unspecified atom stereocenters. The van der Waals surface area contributed by atoms with Crippen molar-refractivity contribution in [2.75, 3.05) is 11.4 Å². The molecule has 5 heteroatoms. The molecule has 5 nitrogen and oxygen atoms in total. The van der Waals surface area contributed by atoms with Crippen molar-refractivity contribution in [3.63, 3.8) is 0 Å². The summed E-state index contributed by atoms with van der Waals surface area (Å²) in [5.74, 6) is 0.574. The number of nitrogens with zero attached hydrogens (tertiary/aromatic N) is 1. The number of hydrogen-bond acceptors (Lipinski definition) is 4. The van der Waals surface area contributed by atoms with Crippen molar-refractivity contribution < 1.29 is 18.7 Å². The van der Waals surface area contributed by atoms with Crippen molar-refractivity contribution in [1.82, 2.24) is 0 Å². The molecule has 25 heavy (non-hydrogen) atoms. The molecule has 0 aliphatic carbocycles. The summed E-state index contributed by atoms with van der Waals surface area (Å²) in [4.78, 5) is 26.9. The van der Waals surface area contributed by atoms with Gasteiger partial charge in [0.25, 0.3) is 5.91 Å². The number of fused-ring (bicyclic) bond motifs is 1. The maximum absolute atomic E-state index is 12.7. The zero-order valence-electron chi connectivity index (χ0n) is 14.6. The number of amides is 1. The first-order valence-electron chi connectivity index (χ1n) is 8.35. The van der Waals surface area contributed by atoms with Crippen molar-refractivity contribution in [3.05, 3.63) is 59.6 Å². The van der Waals surface area contributed by atoms with Crippen LogP contribution in [0.4, 0.5) is 5.69 Å². The highest BCUT2D eigenvalue weighted by molar-refractivity contribution is 6.09. The molecule has 0 spiro atoms. The van der Waals surface area contributed by atoms with Crippen LogP contribution in [-0.2, 0) is 4.79 Å². The Balaban J connectivity index is 2.01. The summed E-state index contributed by atoms with van der Waals surface area (Å²) in [7, 11) is 0. The number of allylic oxidation sites excluding steroid dienone is 1. The highest BCUT2D eigenvalue weighted by Gasteiger charge is 2.33. The lowest BCUT2D eigenvalue weighted by Gasteiger charge is -2.33. The molecule has 1 aliphatic heterocycles.